The molecule has 0 heterocycles. The van der Waals surface area contributed by atoms with Crippen molar-refractivity contribution in [3.8, 4) is 0 Å². The van der Waals surface area contributed by atoms with Crippen molar-refractivity contribution in [2.24, 2.45) is 0 Å². The second-order valence-electron chi connectivity index (χ2n) is 9.58. The Hall–Kier alpha value is -0.950. The molecule has 34 heavy (non-hydrogen) atoms. The zero-order chi connectivity index (χ0) is 25.5. The van der Waals surface area contributed by atoms with Crippen LogP contribution in [-0.2, 0) is 14.6 Å². The zero-order valence-electron chi connectivity index (χ0n) is 22.5. The van der Waals surface area contributed by atoms with Gasteiger partial charge in [0.2, 0.25) is 0 Å². The summed E-state index contributed by atoms with van der Waals surface area (Å²) in [5.41, 5.74) is 1.47. The van der Waals surface area contributed by atoms with Gasteiger partial charge in [-0.15, -0.1) is 0 Å². The molecule has 0 spiro atoms. The molecule has 0 saturated heterocycles. The van der Waals surface area contributed by atoms with E-state index in [9.17, 15) is 8.42 Å². The zero-order valence-corrected chi connectivity index (χ0v) is 23.3. The van der Waals surface area contributed by atoms with Gasteiger partial charge in [-0.05, 0) is 26.1 Å². The van der Waals surface area contributed by atoms with Gasteiger partial charge in [0.05, 0.1) is 7.11 Å². The summed E-state index contributed by atoms with van der Waals surface area (Å²) in [6.07, 6.45) is 24.4. The monoisotopic (exact) mass is 499 g/mol. The molecule has 0 fully saturated rings. The lowest BCUT2D eigenvalue weighted by Crippen LogP contribution is -2.19. The minimum Gasteiger partial charge on any atom is -0.302 e. The Balaban J connectivity index is 0.00000160. The van der Waals surface area contributed by atoms with E-state index in [2.05, 4.69) is 60.4 Å². The lowest BCUT2D eigenvalue weighted by molar-refractivity contribution is 0.276. The van der Waals surface area contributed by atoms with Gasteiger partial charge in [-0.25, -0.2) is 0 Å². The smallest absolute Gasteiger partial charge is 0.302 e. The van der Waals surface area contributed by atoms with Gasteiger partial charge >= 0.3 is 10.4 Å². The number of hydrogen-bond donors (Lipinski definition) is 1. The molecule has 0 aromatic heterocycles. The molecule has 1 aromatic rings. The van der Waals surface area contributed by atoms with Crippen molar-refractivity contribution < 1.29 is 17.2 Å². The Bertz CT molecular complexity index is 650. The summed E-state index contributed by atoms with van der Waals surface area (Å²) in [4.78, 5) is 2.38. The van der Waals surface area contributed by atoms with E-state index in [0.29, 0.717) is 6.04 Å². The molecule has 1 unspecified atom stereocenters. The van der Waals surface area contributed by atoms with Gasteiger partial charge < -0.3 is 4.90 Å². The quantitative estimate of drug-likeness (QED) is 0.144. The predicted molar refractivity (Wildman–Crippen MR) is 146 cm³/mol. The molecule has 200 valence electrons. The van der Waals surface area contributed by atoms with E-state index in [1.807, 2.05) is 0 Å². The van der Waals surface area contributed by atoms with Gasteiger partial charge in [0.25, 0.3) is 0 Å². The predicted octanol–water partition coefficient (Wildman–Crippen LogP) is 8.38. The number of hydrogen-bond acceptors (Lipinski definition) is 4. The first-order valence-electron chi connectivity index (χ1n) is 13.6. The third-order valence-corrected chi connectivity index (χ3v) is 6.77. The van der Waals surface area contributed by atoms with Crippen molar-refractivity contribution in [1.29, 1.82) is 0 Å². The van der Waals surface area contributed by atoms with Crippen LogP contribution in [0.3, 0.4) is 0 Å². The van der Waals surface area contributed by atoms with E-state index >= 15 is 0 Å². The highest BCUT2D eigenvalue weighted by molar-refractivity contribution is 7.80. The standard InChI is InChI=1S/C27H49N.CH4O4S/c1-4-5-6-7-8-9-10-11-12-13-14-15-16-17-18-22-25-27(28(2)3)26-23-20-19-21-24-26;1-5-6(2,3)4/h19-21,23-24,27H,4-18,22,25H2,1-3H3;1H3,(H,2,3,4). The minimum atomic E-state index is -4.16. The fourth-order valence-corrected chi connectivity index (χ4v) is 4.28. The molecule has 0 bridgehead atoms. The van der Waals surface area contributed by atoms with Crippen molar-refractivity contribution in [1.82, 2.24) is 4.90 Å². The van der Waals surface area contributed by atoms with Crippen molar-refractivity contribution in [2.75, 3.05) is 21.2 Å². The van der Waals surface area contributed by atoms with Crippen LogP contribution in [0, 0.1) is 0 Å². The molecule has 0 aliphatic rings. The molecule has 0 saturated carbocycles. The molecular formula is C28H53NO4S. The van der Waals surface area contributed by atoms with Crippen LogP contribution in [0.15, 0.2) is 30.3 Å². The molecule has 0 amide bonds. The van der Waals surface area contributed by atoms with Gasteiger partial charge in [0.1, 0.15) is 0 Å². The summed E-state index contributed by atoms with van der Waals surface area (Å²) < 4.78 is 29.7. The van der Waals surface area contributed by atoms with E-state index in [1.54, 1.807) is 0 Å². The SMILES string of the molecule is CCCCCCCCCCCCCCCCCCC(c1ccccc1)N(C)C.COS(=O)(=O)O. The average molecular weight is 500 g/mol. The largest absolute Gasteiger partial charge is 0.397 e. The van der Waals surface area contributed by atoms with Crippen LogP contribution in [0.4, 0.5) is 0 Å². The molecule has 1 rings (SSSR count). The maximum atomic E-state index is 9.33. The summed E-state index contributed by atoms with van der Waals surface area (Å²) in [5, 5.41) is 0. The summed E-state index contributed by atoms with van der Waals surface area (Å²) in [7, 11) is 1.13. The van der Waals surface area contributed by atoms with Crippen molar-refractivity contribution in [3.63, 3.8) is 0 Å². The van der Waals surface area contributed by atoms with E-state index in [-0.39, 0.29) is 0 Å². The minimum absolute atomic E-state index is 0.577. The molecule has 0 aliphatic carbocycles. The third kappa shape index (κ3) is 21.6. The normalized spacial score (nSPS) is 12.4. The molecule has 0 aliphatic heterocycles. The van der Waals surface area contributed by atoms with Gasteiger partial charge in [-0.2, -0.15) is 8.42 Å². The van der Waals surface area contributed by atoms with Crippen LogP contribution in [0.2, 0.25) is 0 Å². The molecule has 6 heteroatoms. The first-order valence-corrected chi connectivity index (χ1v) is 14.9. The summed E-state index contributed by atoms with van der Waals surface area (Å²) >= 11 is 0. The van der Waals surface area contributed by atoms with Crippen LogP contribution in [0.1, 0.15) is 128 Å². The summed E-state index contributed by atoms with van der Waals surface area (Å²) in [6.45, 7) is 2.30. The Morgan fingerprint density at radius 1 is 0.735 bits per heavy atom. The fraction of sp³-hybridized carbons (Fsp3) is 0.786. The van der Waals surface area contributed by atoms with Crippen molar-refractivity contribution >= 4 is 10.4 Å². The second kappa shape index (κ2) is 22.5. The van der Waals surface area contributed by atoms with Crippen LogP contribution in [0.25, 0.3) is 0 Å². The highest BCUT2D eigenvalue weighted by atomic mass is 32.3. The van der Waals surface area contributed by atoms with Gasteiger partial charge in [0.15, 0.2) is 0 Å². The lowest BCUT2D eigenvalue weighted by atomic mass is 9.98. The van der Waals surface area contributed by atoms with Crippen LogP contribution in [-0.4, -0.2) is 39.1 Å². The Kier molecular flexibility index (Phi) is 21.9. The van der Waals surface area contributed by atoms with Crippen LogP contribution >= 0.6 is 0 Å². The molecule has 5 nitrogen and oxygen atoms in total. The molecule has 0 radical (unpaired) electrons. The Morgan fingerprint density at radius 2 is 1.09 bits per heavy atom. The maximum absolute atomic E-state index is 9.33. The molecular weight excluding hydrogens is 446 g/mol. The van der Waals surface area contributed by atoms with Crippen molar-refractivity contribution in [2.45, 2.75) is 122 Å². The second-order valence-corrected chi connectivity index (χ2v) is 10.8. The topological polar surface area (TPSA) is 66.8 Å². The molecule has 1 aromatic carbocycles. The van der Waals surface area contributed by atoms with Gasteiger partial charge in [0, 0.05) is 6.04 Å². The van der Waals surface area contributed by atoms with Crippen molar-refractivity contribution in [3.05, 3.63) is 35.9 Å². The maximum Gasteiger partial charge on any atom is 0.397 e. The van der Waals surface area contributed by atoms with Crippen LogP contribution in [0.5, 0.6) is 0 Å². The highest BCUT2D eigenvalue weighted by Crippen LogP contribution is 2.24. The number of unbranched alkanes of at least 4 members (excludes halogenated alkanes) is 15. The number of benzene rings is 1. The third-order valence-electron chi connectivity index (χ3n) is 6.35. The average Bonchev–Trinajstić information content (AvgIpc) is 2.81. The van der Waals surface area contributed by atoms with E-state index in [1.165, 1.54) is 115 Å². The van der Waals surface area contributed by atoms with E-state index in [4.69, 9.17) is 4.55 Å². The fourth-order valence-electron chi connectivity index (χ4n) is 4.28. The summed E-state index contributed by atoms with van der Waals surface area (Å²) in [5.74, 6) is 0. The van der Waals surface area contributed by atoms with Gasteiger partial charge in [-0.1, -0.05) is 140 Å². The highest BCUT2D eigenvalue weighted by Gasteiger charge is 2.12. The Labute approximate surface area is 211 Å². The molecule has 1 atom stereocenters. The van der Waals surface area contributed by atoms with Gasteiger partial charge in [-0.3, -0.25) is 8.74 Å². The first kappa shape index (κ1) is 33.0. The summed E-state index contributed by atoms with van der Waals surface area (Å²) in [6, 6.07) is 11.6. The first-order chi connectivity index (χ1) is 16.3. The van der Waals surface area contributed by atoms with Crippen LogP contribution < -0.4 is 0 Å². The van der Waals surface area contributed by atoms with E-state index in [0.717, 1.165) is 7.11 Å². The Morgan fingerprint density at radius 3 is 1.41 bits per heavy atom. The lowest BCUT2D eigenvalue weighted by Gasteiger charge is -2.24. The number of nitrogens with zero attached hydrogens (tertiary/aromatic N) is 1. The number of rotatable bonds is 20. The van der Waals surface area contributed by atoms with E-state index < -0.39 is 10.4 Å². The molecule has 1 N–H and O–H groups in total.